The lowest BCUT2D eigenvalue weighted by molar-refractivity contribution is -0.113. The van der Waals surface area contributed by atoms with Gasteiger partial charge in [0.2, 0.25) is 11.3 Å². The fraction of sp³-hybridized carbons (Fsp3) is 0.143. The van der Waals surface area contributed by atoms with E-state index in [4.69, 9.17) is 9.15 Å². The number of anilines is 2. The van der Waals surface area contributed by atoms with Gasteiger partial charge in [-0.1, -0.05) is 11.6 Å². The van der Waals surface area contributed by atoms with Gasteiger partial charge in [-0.3, -0.25) is 9.59 Å². The fourth-order valence-corrected chi connectivity index (χ4v) is 3.09. The number of carbonyl (C=O) groups is 1. The lowest BCUT2D eigenvalue weighted by atomic mass is 10.1. The van der Waals surface area contributed by atoms with E-state index < -0.39 is 0 Å². The number of aryl methyl sites for hydroxylation is 1. The molecule has 0 saturated carbocycles. The highest BCUT2D eigenvalue weighted by Crippen LogP contribution is 2.33. The van der Waals surface area contributed by atoms with Gasteiger partial charge in [-0.05, 0) is 55.5 Å². The molecule has 1 aliphatic heterocycles. The van der Waals surface area contributed by atoms with Crippen LogP contribution in [0.15, 0.2) is 57.8 Å². The highest BCUT2D eigenvalue weighted by molar-refractivity contribution is 6.01. The minimum atomic E-state index is -0.144. The summed E-state index contributed by atoms with van der Waals surface area (Å²) in [7, 11) is 1.59. The van der Waals surface area contributed by atoms with Crippen molar-refractivity contribution in [2.24, 2.45) is 0 Å². The average molecular weight is 347 g/mol. The van der Waals surface area contributed by atoms with E-state index in [-0.39, 0.29) is 17.8 Å². The Kier molecular flexibility index (Phi) is 3.84. The molecule has 0 spiro atoms. The third-order valence-electron chi connectivity index (χ3n) is 4.44. The Labute approximate surface area is 150 Å². The second-order valence-corrected chi connectivity index (χ2v) is 6.23. The van der Waals surface area contributed by atoms with E-state index >= 15 is 0 Å². The molecular formula is C21H17NO4. The molecule has 0 fully saturated rings. The van der Waals surface area contributed by atoms with Crippen LogP contribution in [0, 0.1) is 6.92 Å². The number of benzene rings is 2. The number of nitrogens with zero attached hydrogens (tertiary/aromatic N) is 1. The smallest absolute Gasteiger partial charge is 0.212 e. The molecule has 1 aliphatic rings. The number of rotatable bonds is 2. The summed E-state index contributed by atoms with van der Waals surface area (Å²) in [5.74, 6) is 0.981. The van der Waals surface area contributed by atoms with Crippen molar-refractivity contribution in [3.8, 4) is 5.75 Å². The molecule has 0 atom stereocenters. The molecule has 2 heterocycles. The van der Waals surface area contributed by atoms with Gasteiger partial charge in [-0.2, -0.15) is 0 Å². The van der Waals surface area contributed by atoms with Gasteiger partial charge in [0, 0.05) is 5.69 Å². The lowest BCUT2D eigenvalue weighted by Gasteiger charge is -2.23. The number of fused-ring (bicyclic) bond motifs is 2. The number of methoxy groups -OCH3 is 1. The topological polar surface area (TPSA) is 59.8 Å². The van der Waals surface area contributed by atoms with E-state index in [0.717, 1.165) is 11.3 Å². The van der Waals surface area contributed by atoms with Crippen molar-refractivity contribution in [2.75, 3.05) is 18.6 Å². The molecule has 1 aromatic heterocycles. The zero-order valence-electron chi connectivity index (χ0n) is 14.5. The number of carbonyl (C=O) groups excluding carboxylic acids is 1. The Morgan fingerprint density at radius 3 is 2.54 bits per heavy atom. The first kappa shape index (κ1) is 16.1. The first-order valence-electron chi connectivity index (χ1n) is 8.27. The summed E-state index contributed by atoms with van der Waals surface area (Å²) in [6.45, 7) is 2.02. The van der Waals surface area contributed by atoms with E-state index in [1.165, 1.54) is 6.08 Å². The van der Waals surface area contributed by atoms with Crippen molar-refractivity contribution in [2.45, 2.75) is 6.92 Å². The zero-order chi connectivity index (χ0) is 18.3. The SMILES string of the molecule is COc1ccc(N2CC(=O)C=Cc3c2oc2ccc(C)cc2c3=O)cc1. The third kappa shape index (κ3) is 2.67. The second kappa shape index (κ2) is 6.19. The molecule has 26 heavy (non-hydrogen) atoms. The van der Waals surface area contributed by atoms with Crippen molar-refractivity contribution in [3.63, 3.8) is 0 Å². The van der Waals surface area contributed by atoms with E-state index in [2.05, 4.69) is 0 Å². The Bertz CT molecular complexity index is 1090. The molecular weight excluding hydrogens is 330 g/mol. The maximum Gasteiger partial charge on any atom is 0.212 e. The van der Waals surface area contributed by atoms with Crippen molar-refractivity contribution in [1.29, 1.82) is 0 Å². The molecule has 0 N–H and O–H groups in total. The summed E-state index contributed by atoms with van der Waals surface area (Å²) in [6, 6.07) is 12.8. The molecule has 0 unspecified atom stereocenters. The molecule has 5 nitrogen and oxygen atoms in total. The summed E-state index contributed by atoms with van der Waals surface area (Å²) in [6.07, 6.45) is 2.98. The van der Waals surface area contributed by atoms with Crippen LogP contribution < -0.4 is 15.1 Å². The summed E-state index contributed by atoms with van der Waals surface area (Å²) < 4.78 is 11.3. The standard InChI is InChI=1S/C21H17NO4/c1-13-3-10-19-18(11-13)20(24)17-9-6-15(23)12-22(21(17)26-19)14-4-7-16(25-2)8-5-14/h3-11H,12H2,1-2H3. The van der Waals surface area contributed by atoms with Crippen LogP contribution in [0.1, 0.15) is 11.1 Å². The summed E-state index contributed by atoms with van der Waals surface area (Å²) in [4.78, 5) is 26.9. The van der Waals surface area contributed by atoms with Crippen LogP contribution in [0.3, 0.4) is 0 Å². The van der Waals surface area contributed by atoms with E-state index in [0.29, 0.717) is 28.2 Å². The van der Waals surface area contributed by atoms with Crippen molar-refractivity contribution in [1.82, 2.24) is 0 Å². The zero-order valence-corrected chi connectivity index (χ0v) is 14.5. The van der Waals surface area contributed by atoms with Crippen molar-refractivity contribution in [3.05, 3.63) is 69.9 Å². The predicted octanol–water partition coefficient (Wildman–Crippen LogP) is 3.84. The first-order valence-corrected chi connectivity index (χ1v) is 8.27. The van der Waals surface area contributed by atoms with Gasteiger partial charge in [0.25, 0.3) is 0 Å². The molecule has 3 aromatic rings. The third-order valence-corrected chi connectivity index (χ3v) is 4.44. The number of hydrogen-bond donors (Lipinski definition) is 0. The molecule has 5 heteroatoms. The average Bonchev–Trinajstić information content (AvgIpc) is 2.82. The van der Waals surface area contributed by atoms with Crippen molar-refractivity contribution < 1.29 is 13.9 Å². The molecule has 0 aliphatic carbocycles. The first-order chi connectivity index (χ1) is 12.6. The molecule has 0 radical (unpaired) electrons. The Morgan fingerprint density at radius 1 is 1.04 bits per heavy atom. The van der Waals surface area contributed by atoms with Gasteiger partial charge in [0.1, 0.15) is 11.3 Å². The Morgan fingerprint density at radius 2 is 1.81 bits per heavy atom. The van der Waals surface area contributed by atoms with Gasteiger partial charge >= 0.3 is 0 Å². The summed E-state index contributed by atoms with van der Waals surface area (Å²) in [5.41, 5.74) is 2.46. The molecule has 2 aromatic carbocycles. The van der Waals surface area contributed by atoms with Crippen LogP contribution in [0.25, 0.3) is 17.0 Å². The summed E-state index contributed by atoms with van der Waals surface area (Å²) >= 11 is 0. The molecule has 0 bridgehead atoms. The van der Waals surface area contributed by atoms with E-state index in [1.54, 1.807) is 42.4 Å². The van der Waals surface area contributed by atoms with Crippen LogP contribution in [0.2, 0.25) is 0 Å². The maximum absolute atomic E-state index is 13.0. The number of ketones is 1. The second-order valence-electron chi connectivity index (χ2n) is 6.23. The number of hydrogen-bond acceptors (Lipinski definition) is 5. The Balaban J connectivity index is 1.96. The van der Waals surface area contributed by atoms with Crippen LogP contribution >= 0.6 is 0 Å². The quantitative estimate of drug-likeness (QED) is 0.705. The minimum absolute atomic E-state index is 0.0934. The molecule has 0 saturated heterocycles. The minimum Gasteiger partial charge on any atom is -0.497 e. The molecule has 130 valence electrons. The van der Waals surface area contributed by atoms with E-state index in [9.17, 15) is 9.59 Å². The molecule has 4 rings (SSSR count). The van der Waals surface area contributed by atoms with Gasteiger partial charge in [0.15, 0.2) is 5.78 Å². The monoisotopic (exact) mass is 347 g/mol. The van der Waals surface area contributed by atoms with Gasteiger partial charge < -0.3 is 14.1 Å². The van der Waals surface area contributed by atoms with Crippen molar-refractivity contribution >= 4 is 34.4 Å². The van der Waals surface area contributed by atoms with Crippen LogP contribution in [0.4, 0.5) is 11.6 Å². The normalized spacial score (nSPS) is 13.6. The predicted molar refractivity (Wildman–Crippen MR) is 101 cm³/mol. The maximum atomic E-state index is 13.0. The van der Waals surface area contributed by atoms with Gasteiger partial charge in [-0.25, -0.2) is 0 Å². The largest absolute Gasteiger partial charge is 0.497 e. The van der Waals surface area contributed by atoms with Gasteiger partial charge in [-0.15, -0.1) is 0 Å². The van der Waals surface area contributed by atoms with Gasteiger partial charge in [0.05, 0.1) is 24.6 Å². The van der Waals surface area contributed by atoms with Crippen LogP contribution in [0.5, 0.6) is 5.75 Å². The van der Waals surface area contributed by atoms with Crippen LogP contribution in [-0.4, -0.2) is 19.4 Å². The summed E-state index contributed by atoms with van der Waals surface area (Å²) in [5, 5.41) is 0.512. The molecule has 0 amide bonds. The van der Waals surface area contributed by atoms with Crippen LogP contribution in [-0.2, 0) is 4.79 Å². The highest BCUT2D eigenvalue weighted by Gasteiger charge is 2.24. The fourth-order valence-electron chi connectivity index (χ4n) is 3.09. The number of ether oxygens (including phenoxy) is 1. The Hall–Kier alpha value is -3.34. The lowest BCUT2D eigenvalue weighted by Crippen LogP contribution is -2.24. The van der Waals surface area contributed by atoms with E-state index in [1.807, 2.05) is 25.1 Å². The highest BCUT2D eigenvalue weighted by atomic mass is 16.5.